The zero-order chi connectivity index (χ0) is 14.5. The Morgan fingerprint density at radius 2 is 1.90 bits per heavy atom. The average Bonchev–Trinajstić information content (AvgIpc) is 2.47. The van der Waals surface area contributed by atoms with Gasteiger partial charge in [-0.15, -0.1) is 0 Å². The van der Waals surface area contributed by atoms with Crippen molar-refractivity contribution in [1.82, 2.24) is 0 Å². The fourth-order valence-corrected chi connectivity index (χ4v) is 2.73. The number of ketones is 1. The highest BCUT2D eigenvalue weighted by atomic mass is 79.9. The van der Waals surface area contributed by atoms with E-state index in [2.05, 4.69) is 15.9 Å². The van der Waals surface area contributed by atoms with Crippen LogP contribution in [0.25, 0.3) is 10.8 Å². The lowest BCUT2D eigenvalue weighted by Crippen LogP contribution is -2.17. The first-order chi connectivity index (χ1) is 9.63. The van der Waals surface area contributed by atoms with Gasteiger partial charge in [-0.3, -0.25) is 4.79 Å². The Morgan fingerprint density at radius 3 is 2.65 bits per heavy atom. The first kappa shape index (κ1) is 14.7. The van der Waals surface area contributed by atoms with Gasteiger partial charge in [0.1, 0.15) is 0 Å². The van der Waals surface area contributed by atoms with Gasteiger partial charge < -0.3 is 4.74 Å². The summed E-state index contributed by atoms with van der Waals surface area (Å²) in [5, 5.41) is 2.24. The zero-order valence-corrected chi connectivity index (χ0v) is 12.8. The van der Waals surface area contributed by atoms with Crippen LogP contribution in [0.3, 0.4) is 0 Å². The number of hydrogen-bond donors (Lipinski definition) is 0. The molecule has 0 saturated carbocycles. The summed E-state index contributed by atoms with van der Waals surface area (Å²) >= 11 is 3.57. The molecule has 3 nitrogen and oxygen atoms in total. The maximum Gasteiger partial charge on any atom is 0.374 e. The normalized spacial score (nSPS) is 10.5. The smallest absolute Gasteiger partial charge is 0.374 e. The number of fused-ring (bicyclic) bond motifs is 1. The second-order valence-corrected chi connectivity index (χ2v) is 5.20. The van der Waals surface area contributed by atoms with Crippen LogP contribution in [0.15, 0.2) is 40.9 Å². The van der Waals surface area contributed by atoms with Crippen molar-refractivity contribution in [1.29, 1.82) is 0 Å². The van der Waals surface area contributed by atoms with Crippen molar-refractivity contribution in [2.45, 2.75) is 19.8 Å². The molecule has 0 amide bonds. The molecule has 2 aromatic rings. The van der Waals surface area contributed by atoms with Crippen molar-refractivity contribution in [3.05, 3.63) is 46.4 Å². The van der Waals surface area contributed by atoms with Crippen molar-refractivity contribution in [2.75, 3.05) is 6.61 Å². The van der Waals surface area contributed by atoms with E-state index in [4.69, 9.17) is 4.74 Å². The maximum atomic E-state index is 11.6. The lowest BCUT2D eigenvalue weighted by molar-refractivity contribution is -0.153. The van der Waals surface area contributed by atoms with Crippen LogP contribution in [0, 0.1) is 0 Å². The molecule has 0 aliphatic carbocycles. The lowest BCUT2D eigenvalue weighted by Gasteiger charge is -2.07. The number of esters is 1. The molecule has 2 rings (SSSR count). The highest BCUT2D eigenvalue weighted by molar-refractivity contribution is 9.10. The Balaban J connectivity index is 2.12. The third kappa shape index (κ3) is 3.25. The van der Waals surface area contributed by atoms with Gasteiger partial charge in [0.15, 0.2) is 0 Å². The number of carbonyl (C=O) groups is 2. The van der Waals surface area contributed by atoms with Crippen LogP contribution in [-0.4, -0.2) is 18.4 Å². The maximum absolute atomic E-state index is 11.6. The number of ether oxygens (including phenoxy) is 1. The fraction of sp³-hybridized carbons (Fsp3) is 0.250. The van der Waals surface area contributed by atoms with Gasteiger partial charge in [0, 0.05) is 10.9 Å². The van der Waals surface area contributed by atoms with Crippen molar-refractivity contribution in [2.24, 2.45) is 0 Å². The molecule has 0 bridgehead atoms. The Hall–Kier alpha value is -1.68. The molecule has 0 aromatic heterocycles. The van der Waals surface area contributed by atoms with Crippen molar-refractivity contribution in [3.8, 4) is 0 Å². The topological polar surface area (TPSA) is 43.4 Å². The Bertz CT molecular complexity index is 649. The van der Waals surface area contributed by atoms with Gasteiger partial charge in [-0.1, -0.05) is 36.4 Å². The minimum absolute atomic E-state index is 0.162. The molecule has 4 heteroatoms. The molecule has 104 valence electrons. The Morgan fingerprint density at radius 1 is 1.15 bits per heavy atom. The van der Waals surface area contributed by atoms with Crippen LogP contribution in [-0.2, 0) is 20.7 Å². The summed E-state index contributed by atoms with van der Waals surface area (Å²) in [4.78, 5) is 22.9. The number of aryl methyl sites for hydroxylation is 1. The monoisotopic (exact) mass is 334 g/mol. The highest BCUT2D eigenvalue weighted by Crippen LogP contribution is 2.28. The summed E-state index contributed by atoms with van der Waals surface area (Å²) in [7, 11) is 0. The van der Waals surface area contributed by atoms with Gasteiger partial charge in [-0.2, -0.15) is 0 Å². The molecule has 0 atom stereocenters. The molecule has 0 unspecified atom stereocenters. The minimum atomic E-state index is -0.746. The zero-order valence-electron chi connectivity index (χ0n) is 11.2. The molecule has 0 spiro atoms. The van der Waals surface area contributed by atoms with E-state index in [1.54, 1.807) is 6.92 Å². The van der Waals surface area contributed by atoms with E-state index >= 15 is 0 Å². The van der Waals surface area contributed by atoms with E-state index in [0.717, 1.165) is 20.8 Å². The molecular formula is C16H15BrO3. The number of hydrogen-bond acceptors (Lipinski definition) is 3. The Labute approximate surface area is 126 Å². The van der Waals surface area contributed by atoms with Crippen molar-refractivity contribution in [3.63, 3.8) is 0 Å². The molecule has 20 heavy (non-hydrogen) atoms. The van der Waals surface area contributed by atoms with Gasteiger partial charge in [0.2, 0.25) is 5.78 Å². The van der Waals surface area contributed by atoms with Crippen molar-refractivity contribution < 1.29 is 14.3 Å². The summed E-state index contributed by atoms with van der Waals surface area (Å²) in [6.07, 6.45) is 0.679. The second-order valence-electron chi connectivity index (χ2n) is 4.40. The van der Waals surface area contributed by atoms with Crippen molar-refractivity contribution >= 4 is 38.5 Å². The number of benzene rings is 2. The molecule has 0 radical (unpaired) electrons. The predicted octanol–water partition coefficient (Wildman–Crippen LogP) is 3.67. The second kappa shape index (κ2) is 6.66. The van der Waals surface area contributed by atoms with Crippen LogP contribution in [0.2, 0.25) is 0 Å². The third-order valence-electron chi connectivity index (χ3n) is 3.07. The van der Waals surface area contributed by atoms with E-state index in [1.807, 2.05) is 36.4 Å². The quantitative estimate of drug-likeness (QED) is 0.619. The summed E-state index contributed by atoms with van der Waals surface area (Å²) in [5.74, 6) is -1.23. The molecule has 0 N–H and O–H groups in total. The minimum Gasteiger partial charge on any atom is -0.460 e. The SMILES string of the molecule is CCOC(=O)C(=O)CCc1ccc2ccccc2c1Br. The van der Waals surface area contributed by atoms with E-state index in [0.29, 0.717) is 6.42 Å². The molecule has 0 aliphatic rings. The first-order valence-electron chi connectivity index (χ1n) is 6.49. The van der Waals surface area contributed by atoms with Crippen LogP contribution in [0.5, 0.6) is 0 Å². The molecule has 0 saturated heterocycles. The van der Waals surface area contributed by atoms with Gasteiger partial charge in [0.05, 0.1) is 6.61 Å². The number of carbonyl (C=O) groups excluding carboxylic acids is 2. The van der Waals surface area contributed by atoms with Crippen LogP contribution < -0.4 is 0 Å². The molecule has 0 fully saturated rings. The third-order valence-corrected chi connectivity index (χ3v) is 4.00. The lowest BCUT2D eigenvalue weighted by atomic mass is 10.0. The molecule has 2 aromatic carbocycles. The van der Waals surface area contributed by atoms with E-state index in [1.165, 1.54) is 0 Å². The fourth-order valence-electron chi connectivity index (χ4n) is 2.03. The molecule has 0 aliphatic heterocycles. The predicted molar refractivity (Wildman–Crippen MR) is 81.6 cm³/mol. The average molecular weight is 335 g/mol. The molecule has 0 heterocycles. The van der Waals surface area contributed by atoms with E-state index < -0.39 is 11.8 Å². The number of Topliss-reactive ketones (excluding diaryl/α,β-unsaturated/α-hetero) is 1. The summed E-state index contributed by atoms with van der Waals surface area (Å²) in [5.41, 5.74) is 1.02. The highest BCUT2D eigenvalue weighted by Gasteiger charge is 2.15. The number of halogens is 1. The van der Waals surface area contributed by atoms with E-state index in [9.17, 15) is 9.59 Å². The molecular weight excluding hydrogens is 320 g/mol. The number of rotatable bonds is 5. The standard InChI is InChI=1S/C16H15BrO3/c1-2-20-16(19)14(18)10-9-12-8-7-11-5-3-4-6-13(11)15(12)17/h3-8H,2,9-10H2,1H3. The summed E-state index contributed by atoms with van der Waals surface area (Å²) in [6.45, 7) is 1.91. The van der Waals surface area contributed by atoms with Gasteiger partial charge in [-0.25, -0.2) is 4.79 Å². The van der Waals surface area contributed by atoms with Gasteiger partial charge >= 0.3 is 5.97 Å². The summed E-state index contributed by atoms with van der Waals surface area (Å²) in [6, 6.07) is 12.0. The van der Waals surface area contributed by atoms with Gasteiger partial charge in [0.25, 0.3) is 0 Å². The largest absolute Gasteiger partial charge is 0.460 e. The van der Waals surface area contributed by atoms with Gasteiger partial charge in [-0.05, 0) is 45.6 Å². The van der Waals surface area contributed by atoms with Crippen LogP contribution >= 0.6 is 15.9 Å². The Kier molecular flexibility index (Phi) is 4.90. The van der Waals surface area contributed by atoms with Crippen LogP contribution in [0.4, 0.5) is 0 Å². The first-order valence-corrected chi connectivity index (χ1v) is 7.29. The van der Waals surface area contributed by atoms with Crippen LogP contribution in [0.1, 0.15) is 18.9 Å². The van der Waals surface area contributed by atoms with E-state index in [-0.39, 0.29) is 13.0 Å². The summed E-state index contributed by atoms with van der Waals surface area (Å²) < 4.78 is 5.67.